The molecule has 0 N–H and O–H groups in total. The summed E-state index contributed by atoms with van der Waals surface area (Å²) in [6, 6.07) is 2.03. The fourth-order valence-corrected chi connectivity index (χ4v) is 2.25. The van der Waals surface area contributed by atoms with E-state index in [1.807, 2.05) is 6.07 Å². The van der Waals surface area contributed by atoms with Gasteiger partial charge in [0.2, 0.25) is 0 Å². The van der Waals surface area contributed by atoms with Gasteiger partial charge in [0.05, 0.1) is 19.5 Å². The van der Waals surface area contributed by atoms with Crippen LogP contribution in [0.5, 0.6) is 0 Å². The molecular weight excluding hydrogens is 258 g/mol. The van der Waals surface area contributed by atoms with E-state index >= 15 is 0 Å². The number of halogens is 1. The van der Waals surface area contributed by atoms with Crippen molar-refractivity contribution in [1.82, 2.24) is 4.90 Å². The highest BCUT2D eigenvalue weighted by Gasteiger charge is 2.10. The quantitative estimate of drug-likeness (QED) is 0.842. The zero-order chi connectivity index (χ0) is 10.5. The molecule has 0 atom stereocenters. The van der Waals surface area contributed by atoms with Gasteiger partial charge in [-0.05, 0) is 41.4 Å². The van der Waals surface area contributed by atoms with Crippen molar-refractivity contribution in [2.45, 2.75) is 12.8 Å². The third kappa shape index (κ3) is 3.33. The van der Waals surface area contributed by atoms with Crippen molar-refractivity contribution in [1.29, 1.82) is 0 Å². The third-order valence-corrected chi connectivity index (χ3v) is 3.41. The predicted molar refractivity (Wildman–Crippen MR) is 62.0 cm³/mol. The molecule has 3 nitrogen and oxygen atoms in total. The number of hydrogen-bond donors (Lipinski definition) is 0. The van der Waals surface area contributed by atoms with Gasteiger partial charge in [-0.2, -0.15) is 0 Å². The average Bonchev–Trinajstić information content (AvgIpc) is 2.66. The molecule has 1 aromatic heterocycles. The van der Waals surface area contributed by atoms with Gasteiger partial charge in [-0.15, -0.1) is 0 Å². The first-order valence-corrected chi connectivity index (χ1v) is 6.17. The van der Waals surface area contributed by atoms with Gasteiger partial charge in [-0.25, -0.2) is 0 Å². The van der Waals surface area contributed by atoms with Crippen molar-refractivity contribution in [3.05, 3.63) is 22.6 Å². The summed E-state index contributed by atoms with van der Waals surface area (Å²) in [6.07, 6.45) is 3.99. The van der Waals surface area contributed by atoms with Crippen LogP contribution < -0.4 is 0 Å². The SMILES string of the molecule is Brc1occc1CCCN1CCOCC1. The Morgan fingerprint density at radius 2 is 2.13 bits per heavy atom. The molecule has 0 radical (unpaired) electrons. The number of aryl methyl sites for hydroxylation is 1. The van der Waals surface area contributed by atoms with Gasteiger partial charge in [0.1, 0.15) is 0 Å². The van der Waals surface area contributed by atoms with E-state index in [0.717, 1.165) is 43.9 Å². The molecule has 2 rings (SSSR count). The Balaban J connectivity index is 1.68. The van der Waals surface area contributed by atoms with Crippen molar-refractivity contribution in [2.24, 2.45) is 0 Å². The van der Waals surface area contributed by atoms with E-state index in [4.69, 9.17) is 9.15 Å². The largest absolute Gasteiger partial charge is 0.457 e. The van der Waals surface area contributed by atoms with E-state index in [1.54, 1.807) is 6.26 Å². The van der Waals surface area contributed by atoms with Gasteiger partial charge in [-0.3, -0.25) is 4.90 Å². The molecule has 0 amide bonds. The van der Waals surface area contributed by atoms with Crippen LogP contribution in [0.25, 0.3) is 0 Å². The molecule has 1 aromatic rings. The minimum absolute atomic E-state index is 0.879. The standard InChI is InChI=1S/C11H16BrNO2/c12-11-10(3-7-15-11)2-1-4-13-5-8-14-9-6-13/h3,7H,1-2,4-6,8-9H2. The number of furan rings is 1. The zero-order valence-corrected chi connectivity index (χ0v) is 10.3. The topological polar surface area (TPSA) is 25.6 Å². The van der Waals surface area contributed by atoms with Crippen molar-refractivity contribution < 1.29 is 9.15 Å². The molecule has 1 fully saturated rings. The van der Waals surface area contributed by atoms with Crippen LogP contribution in [0.3, 0.4) is 0 Å². The second kappa shape index (κ2) is 5.68. The van der Waals surface area contributed by atoms with Gasteiger partial charge >= 0.3 is 0 Å². The fourth-order valence-electron chi connectivity index (χ4n) is 1.82. The lowest BCUT2D eigenvalue weighted by atomic mass is 10.2. The Kier molecular flexibility index (Phi) is 4.23. The summed E-state index contributed by atoms with van der Waals surface area (Å²) in [5, 5.41) is 0. The van der Waals surface area contributed by atoms with Crippen LogP contribution in [0, 0.1) is 0 Å². The minimum atomic E-state index is 0.879. The summed E-state index contributed by atoms with van der Waals surface area (Å²) in [5.41, 5.74) is 1.27. The molecule has 0 saturated carbocycles. The second-order valence-electron chi connectivity index (χ2n) is 3.78. The summed E-state index contributed by atoms with van der Waals surface area (Å²) in [7, 11) is 0. The maximum atomic E-state index is 5.31. The molecule has 0 bridgehead atoms. The lowest BCUT2D eigenvalue weighted by Crippen LogP contribution is -2.36. The average molecular weight is 274 g/mol. The lowest BCUT2D eigenvalue weighted by Gasteiger charge is -2.26. The molecule has 84 valence electrons. The summed E-state index contributed by atoms with van der Waals surface area (Å²) < 4.78 is 11.4. The van der Waals surface area contributed by atoms with Crippen LogP contribution in [0.15, 0.2) is 21.4 Å². The lowest BCUT2D eigenvalue weighted by molar-refractivity contribution is 0.0374. The van der Waals surface area contributed by atoms with E-state index < -0.39 is 0 Å². The molecule has 1 aliphatic heterocycles. The van der Waals surface area contributed by atoms with Crippen molar-refractivity contribution in [3.63, 3.8) is 0 Å². The van der Waals surface area contributed by atoms with Crippen molar-refractivity contribution in [3.8, 4) is 0 Å². The molecule has 0 aromatic carbocycles. The van der Waals surface area contributed by atoms with E-state index in [-0.39, 0.29) is 0 Å². The first-order chi connectivity index (χ1) is 7.36. The number of nitrogens with zero attached hydrogens (tertiary/aromatic N) is 1. The van der Waals surface area contributed by atoms with Crippen LogP contribution in [-0.2, 0) is 11.2 Å². The van der Waals surface area contributed by atoms with Gasteiger partial charge in [0, 0.05) is 18.7 Å². The van der Waals surface area contributed by atoms with Gasteiger partial charge in [-0.1, -0.05) is 0 Å². The van der Waals surface area contributed by atoms with Crippen LogP contribution in [0.4, 0.5) is 0 Å². The summed E-state index contributed by atoms with van der Waals surface area (Å²) in [6.45, 7) is 5.07. The molecule has 1 aliphatic rings. The smallest absolute Gasteiger partial charge is 0.172 e. The Morgan fingerprint density at radius 3 is 2.80 bits per heavy atom. The number of rotatable bonds is 4. The Hall–Kier alpha value is -0.320. The van der Waals surface area contributed by atoms with Gasteiger partial charge < -0.3 is 9.15 Å². The molecule has 0 unspecified atom stereocenters. The highest BCUT2D eigenvalue weighted by Crippen LogP contribution is 2.19. The summed E-state index contributed by atoms with van der Waals surface area (Å²) in [4.78, 5) is 2.46. The zero-order valence-electron chi connectivity index (χ0n) is 8.75. The molecule has 0 spiro atoms. The summed E-state index contributed by atoms with van der Waals surface area (Å²) in [5.74, 6) is 0. The van der Waals surface area contributed by atoms with Gasteiger partial charge in [0.25, 0.3) is 0 Å². The second-order valence-corrected chi connectivity index (χ2v) is 4.50. The van der Waals surface area contributed by atoms with Crippen molar-refractivity contribution in [2.75, 3.05) is 32.8 Å². The Morgan fingerprint density at radius 1 is 1.33 bits per heavy atom. The third-order valence-electron chi connectivity index (χ3n) is 2.72. The van der Waals surface area contributed by atoms with Crippen LogP contribution in [0.1, 0.15) is 12.0 Å². The monoisotopic (exact) mass is 273 g/mol. The molecule has 1 saturated heterocycles. The maximum absolute atomic E-state index is 5.31. The van der Waals surface area contributed by atoms with Crippen LogP contribution in [0.2, 0.25) is 0 Å². The predicted octanol–water partition coefficient (Wildman–Crippen LogP) is 2.31. The highest BCUT2D eigenvalue weighted by atomic mass is 79.9. The molecular formula is C11H16BrNO2. The number of ether oxygens (including phenoxy) is 1. The molecule has 0 aliphatic carbocycles. The highest BCUT2D eigenvalue weighted by molar-refractivity contribution is 9.10. The van der Waals surface area contributed by atoms with Crippen LogP contribution >= 0.6 is 15.9 Å². The number of hydrogen-bond acceptors (Lipinski definition) is 3. The molecule has 15 heavy (non-hydrogen) atoms. The minimum Gasteiger partial charge on any atom is -0.457 e. The van der Waals surface area contributed by atoms with Gasteiger partial charge in [0.15, 0.2) is 4.67 Å². The number of morpholine rings is 1. The first-order valence-electron chi connectivity index (χ1n) is 5.38. The molecule has 2 heterocycles. The van der Waals surface area contributed by atoms with E-state index in [9.17, 15) is 0 Å². The van der Waals surface area contributed by atoms with E-state index in [0.29, 0.717) is 0 Å². The Labute approximate surface area is 98.5 Å². The fraction of sp³-hybridized carbons (Fsp3) is 0.636. The van der Waals surface area contributed by atoms with E-state index in [2.05, 4.69) is 20.8 Å². The first kappa shape index (κ1) is 11.2. The maximum Gasteiger partial charge on any atom is 0.172 e. The van der Waals surface area contributed by atoms with E-state index in [1.165, 1.54) is 12.0 Å². The normalized spacial score (nSPS) is 18.2. The molecule has 4 heteroatoms. The Bertz CT molecular complexity index is 295. The summed E-state index contributed by atoms with van der Waals surface area (Å²) >= 11 is 3.39. The van der Waals surface area contributed by atoms with Crippen molar-refractivity contribution >= 4 is 15.9 Å². The van der Waals surface area contributed by atoms with Crippen LogP contribution in [-0.4, -0.2) is 37.7 Å².